The molecule has 1 fully saturated rings. The van der Waals surface area contributed by atoms with Crippen LogP contribution in [-0.4, -0.2) is 23.1 Å². The molecule has 3 heterocycles. The zero-order valence-corrected chi connectivity index (χ0v) is 14.0. The lowest BCUT2D eigenvalue weighted by Crippen LogP contribution is -2.24. The Bertz CT molecular complexity index is 646. The Balaban J connectivity index is 1.57. The summed E-state index contributed by atoms with van der Waals surface area (Å²) in [6, 6.07) is 3.93. The van der Waals surface area contributed by atoms with E-state index in [4.69, 9.17) is 0 Å². The zero-order chi connectivity index (χ0) is 17.0. The van der Waals surface area contributed by atoms with E-state index in [9.17, 15) is 13.2 Å². The van der Waals surface area contributed by atoms with Gasteiger partial charge >= 0.3 is 6.18 Å². The second kappa shape index (κ2) is 7.38. The van der Waals surface area contributed by atoms with Crippen molar-refractivity contribution >= 4 is 22.3 Å². The van der Waals surface area contributed by atoms with E-state index in [1.165, 1.54) is 25.7 Å². The number of alkyl halides is 3. The van der Waals surface area contributed by atoms with Crippen LogP contribution in [-0.2, 0) is 12.7 Å². The van der Waals surface area contributed by atoms with Gasteiger partial charge in [0.2, 0.25) is 0 Å². The minimum atomic E-state index is -4.34. The normalized spacial score (nSPS) is 16.0. The van der Waals surface area contributed by atoms with Crippen molar-refractivity contribution in [3.05, 3.63) is 35.0 Å². The first-order valence-corrected chi connectivity index (χ1v) is 8.81. The number of nitrogens with one attached hydrogen (secondary N) is 1. The molecule has 4 nitrogen and oxygen atoms in total. The molecule has 0 unspecified atom stereocenters. The van der Waals surface area contributed by atoms with E-state index in [1.807, 2.05) is 12.1 Å². The molecule has 0 aromatic carbocycles. The third kappa shape index (κ3) is 4.37. The van der Waals surface area contributed by atoms with Crippen molar-refractivity contribution in [3.63, 3.8) is 0 Å². The third-order valence-corrected chi connectivity index (χ3v) is 4.97. The highest BCUT2D eigenvalue weighted by atomic mass is 32.1. The van der Waals surface area contributed by atoms with Gasteiger partial charge in [-0.15, -0.1) is 0 Å². The molecule has 0 atom stereocenters. The largest absolute Gasteiger partial charge is 0.427 e. The number of hydrogen-bond acceptors (Lipinski definition) is 5. The summed E-state index contributed by atoms with van der Waals surface area (Å²) in [6.07, 6.45) is 3.21. The summed E-state index contributed by atoms with van der Waals surface area (Å²) in [5.41, 5.74) is 0.914. The van der Waals surface area contributed by atoms with Crippen LogP contribution < -0.4 is 10.2 Å². The monoisotopic (exact) mass is 356 g/mol. The van der Waals surface area contributed by atoms with E-state index in [0.29, 0.717) is 17.9 Å². The van der Waals surface area contributed by atoms with E-state index in [0.717, 1.165) is 30.7 Å². The lowest BCUT2D eigenvalue weighted by Gasteiger charge is -2.21. The van der Waals surface area contributed by atoms with Crippen molar-refractivity contribution in [3.8, 4) is 0 Å². The van der Waals surface area contributed by atoms with Crippen molar-refractivity contribution in [2.45, 2.75) is 38.4 Å². The highest BCUT2D eigenvalue weighted by Gasteiger charge is 2.33. The Kier molecular flexibility index (Phi) is 5.23. The molecule has 24 heavy (non-hydrogen) atoms. The number of anilines is 2. The van der Waals surface area contributed by atoms with Crippen LogP contribution in [0.4, 0.5) is 24.1 Å². The van der Waals surface area contributed by atoms with Gasteiger partial charge in [-0.1, -0.05) is 30.2 Å². The van der Waals surface area contributed by atoms with E-state index >= 15 is 0 Å². The Morgan fingerprint density at radius 2 is 1.79 bits per heavy atom. The van der Waals surface area contributed by atoms with Crippen molar-refractivity contribution < 1.29 is 13.2 Å². The Morgan fingerprint density at radius 3 is 2.38 bits per heavy atom. The highest BCUT2D eigenvalue weighted by molar-refractivity contribution is 7.15. The fraction of sp³-hybridized carbons (Fsp3) is 0.500. The maximum Gasteiger partial charge on any atom is 0.427 e. The number of aromatic nitrogens is 2. The molecule has 3 rings (SSSR count). The molecule has 0 saturated carbocycles. The Hall–Kier alpha value is -1.83. The number of pyridine rings is 1. The van der Waals surface area contributed by atoms with Crippen LogP contribution in [0.5, 0.6) is 0 Å². The first-order chi connectivity index (χ1) is 11.5. The maximum atomic E-state index is 12.5. The number of thiazole rings is 1. The van der Waals surface area contributed by atoms with Gasteiger partial charge in [-0.2, -0.15) is 13.2 Å². The smallest absolute Gasteiger partial charge is 0.357 e. The van der Waals surface area contributed by atoms with Crippen LogP contribution in [0, 0.1) is 0 Å². The fourth-order valence-electron chi connectivity index (χ4n) is 2.67. The molecule has 8 heteroatoms. The van der Waals surface area contributed by atoms with Crippen LogP contribution in [0.1, 0.15) is 36.1 Å². The van der Waals surface area contributed by atoms with Crippen molar-refractivity contribution in [2.24, 2.45) is 0 Å². The van der Waals surface area contributed by atoms with Crippen molar-refractivity contribution in [1.82, 2.24) is 9.97 Å². The van der Waals surface area contributed by atoms with Gasteiger partial charge in [0.25, 0.3) is 0 Å². The van der Waals surface area contributed by atoms with E-state index in [2.05, 4.69) is 20.2 Å². The predicted octanol–water partition coefficient (Wildman–Crippen LogP) is 4.55. The average Bonchev–Trinajstić information content (AvgIpc) is 2.88. The minimum Gasteiger partial charge on any atom is -0.357 e. The van der Waals surface area contributed by atoms with Gasteiger partial charge in [0.1, 0.15) is 10.7 Å². The van der Waals surface area contributed by atoms with E-state index < -0.39 is 11.1 Å². The number of rotatable bonds is 4. The molecule has 130 valence electrons. The molecule has 1 saturated heterocycles. The van der Waals surface area contributed by atoms with Crippen LogP contribution >= 0.6 is 11.3 Å². The number of hydrogen-bond donors (Lipinski definition) is 1. The summed E-state index contributed by atoms with van der Waals surface area (Å²) in [5.74, 6) is 0.967. The van der Waals surface area contributed by atoms with Crippen LogP contribution in [0.3, 0.4) is 0 Å². The SMILES string of the molecule is FC(F)(F)c1cnc(NCc2ccc(N3CCCCCC3)nc2)s1. The van der Waals surface area contributed by atoms with Crippen LogP contribution in [0.15, 0.2) is 24.5 Å². The molecule has 1 aliphatic heterocycles. The maximum absolute atomic E-state index is 12.5. The summed E-state index contributed by atoms with van der Waals surface area (Å²) in [7, 11) is 0. The van der Waals surface area contributed by atoms with Gasteiger partial charge in [-0.25, -0.2) is 9.97 Å². The van der Waals surface area contributed by atoms with Gasteiger partial charge in [0.15, 0.2) is 5.13 Å². The van der Waals surface area contributed by atoms with Gasteiger partial charge < -0.3 is 10.2 Å². The van der Waals surface area contributed by atoms with E-state index in [-0.39, 0.29) is 5.13 Å². The molecule has 0 bridgehead atoms. The third-order valence-electron chi connectivity index (χ3n) is 3.97. The Morgan fingerprint density at radius 1 is 1.04 bits per heavy atom. The number of nitrogens with zero attached hydrogens (tertiary/aromatic N) is 3. The van der Waals surface area contributed by atoms with Crippen LogP contribution in [0.25, 0.3) is 0 Å². The standard InChI is InChI=1S/C16H19F3N4S/c17-16(18,19)13-11-22-15(24-13)21-10-12-5-6-14(20-9-12)23-7-3-1-2-4-8-23/h5-6,9,11H,1-4,7-8,10H2,(H,21,22). The van der Waals surface area contributed by atoms with Gasteiger partial charge in [0.05, 0.1) is 6.20 Å². The van der Waals surface area contributed by atoms with Gasteiger partial charge in [0, 0.05) is 25.8 Å². The molecule has 0 radical (unpaired) electrons. The molecule has 0 aliphatic carbocycles. The van der Waals surface area contributed by atoms with Gasteiger partial charge in [-0.05, 0) is 24.5 Å². The molecule has 0 amide bonds. The summed E-state index contributed by atoms with van der Waals surface area (Å²) in [5, 5.41) is 3.18. The molecular formula is C16H19F3N4S. The minimum absolute atomic E-state index is 0.263. The summed E-state index contributed by atoms with van der Waals surface area (Å²) in [4.78, 5) is 9.85. The molecular weight excluding hydrogens is 337 g/mol. The zero-order valence-electron chi connectivity index (χ0n) is 13.1. The summed E-state index contributed by atoms with van der Waals surface area (Å²) >= 11 is 0.611. The van der Waals surface area contributed by atoms with Gasteiger partial charge in [-0.3, -0.25) is 0 Å². The topological polar surface area (TPSA) is 41.1 Å². The molecule has 2 aromatic heterocycles. The summed E-state index contributed by atoms with van der Waals surface area (Å²) < 4.78 is 37.6. The molecule has 2 aromatic rings. The first kappa shape index (κ1) is 17.0. The lowest BCUT2D eigenvalue weighted by atomic mass is 10.2. The fourth-order valence-corrected chi connectivity index (χ4v) is 3.35. The molecule has 1 aliphatic rings. The van der Waals surface area contributed by atoms with Crippen LogP contribution in [0.2, 0.25) is 0 Å². The van der Waals surface area contributed by atoms with Crippen molar-refractivity contribution in [1.29, 1.82) is 0 Å². The molecule has 1 N–H and O–H groups in total. The predicted molar refractivity (Wildman–Crippen MR) is 89.4 cm³/mol. The molecule has 0 spiro atoms. The second-order valence-electron chi connectivity index (χ2n) is 5.81. The summed E-state index contributed by atoms with van der Waals surface area (Å²) in [6.45, 7) is 2.46. The van der Waals surface area contributed by atoms with Crippen molar-refractivity contribution in [2.75, 3.05) is 23.3 Å². The first-order valence-electron chi connectivity index (χ1n) is 7.99. The second-order valence-corrected chi connectivity index (χ2v) is 6.84. The average molecular weight is 356 g/mol. The Labute approximate surface area is 142 Å². The quantitative estimate of drug-likeness (QED) is 0.873. The van der Waals surface area contributed by atoms with E-state index in [1.54, 1.807) is 6.20 Å². The number of halogens is 3. The highest BCUT2D eigenvalue weighted by Crippen LogP contribution is 2.35. The lowest BCUT2D eigenvalue weighted by molar-refractivity contribution is -0.134.